The van der Waals surface area contributed by atoms with Crippen molar-refractivity contribution < 1.29 is 4.79 Å². The van der Waals surface area contributed by atoms with Crippen LogP contribution in [0.1, 0.15) is 43.2 Å². The summed E-state index contributed by atoms with van der Waals surface area (Å²) in [6.45, 7) is 5.97. The van der Waals surface area contributed by atoms with Crippen LogP contribution in [-0.4, -0.2) is 60.2 Å². The van der Waals surface area contributed by atoms with E-state index in [9.17, 15) is 4.79 Å². The average molecular weight is 459 g/mol. The standard InChI is InChI=1S/C23H26N10O/c1-14(2)26-22-12-25-11-19(27-22)15-3-4-18-16(9-15)10-21(31-29-18)28-23(34)20-13-33(32-30-20)17-5-7-24-8-6-17/h3-4,9-14,17,24H,5-8H2,1-2H3,(H,26,27)(H,28,31,34). The van der Waals surface area contributed by atoms with Gasteiger partial charge in [-0.05, 0) is 58.0 Å². The highest BCUT2D eigenvalue weighted by molar-refractivity contribution is 6.02. The van der Waals surface area contributed by atoms with Crippen LogP contribution < -0.4 is 16.0 Å². The molecule has 174 valence electrons. The Morgan fingerprint density at radius 1 is 1.09 bits per heavy atom. The second kappa shape index (κ2) is 9.48. The molecule has 0 radical (unpaired) electrons. The van der Waals surface area contributed by atoms with Crippen molar-refractivity contribution >= 4 is 28.4 Å². The number of anilines is 2. The van der Waals surface area contributed by atoms with E-state index in [4.69, 9.17) is 0 Å². The molecule has 11 nitrogen and oxygen atoms in total. The molecule has 11 heteroatoms. The van der Waals surface area contributed by atoms with Crippen LogP contribution in [0.25, 0.3) is 22.2 Å². The van der Waals surface area contributed by atoms with E-state index in [2.05, 4.69) is 46.4 Å². The first-order valence-electron chi connectivity index (χ1n) is 11.4. The molecule has 1 aliphatic heterocycles. The predicted molar refractivity (Wildman–Crippen MR) is 128 cm³/mol. The van der Waals surface area contributed by atoms with Crippen LogP contribution in [0.3, 0.4) is 0 Å². The maximum atomic E-state index is 12.7. The molecule has 0 aliphatic carbocycles. The van der Waals surface area contributed by atoms with E-state index in [1.165, 1.54) is 0 Å². The van der Waals surface area contributed by atoms with Crippen molar-refractivity contribution in [2.75, 3.05) is 23.7 Å². The molecule has 0 saturated carbocycles. The highest BCUT2D eigenvalue weighted by atomic mass is 16.2. The van der Waals surface area contributed by atoms with Crippen molar-refractivity contribution in [3.05, 3.63) is 48.5 Å². The molecule has 0 bridgehead atoms. The fraction of sp³-hybridized carbons (Fsp3) is 0.348. The Bertz CT molecular complexity index is 1310. The molecule has 3 N–H and O–H groups in total. The molecule has 4 heterocycles. The lowest BCUT2D eigenvalue weighted by Crippen LogP contribution is -2.29. The van der Waals surface area contributed by atoms with Gasteiger partial charge in [0, 0.05) is 17.0 Å². The topological polar surface area (TPSA) is 135 Å². The third-order valence-electron chi connectivity index (χ3n) is 5.62. The van der Waals surface area contributed by atoms with Crippen molar-refractivity contribution in [3.63, 3.8) is 0 Å². The van der Waals surface area contributed by atoms with E-state index >= 15 is 0 Å². The van der Waals surface area contributed by atoms with Gasteiger partial charge in [0.05, 0.1) is 35.8 Å². The Hall–Kier alpha value is -3.99. The Kier molecular flexibility index (Phi) is 6.09. The van der Waals surface area contributed by atoms with E-state index in [-0.39, 0.29) is 23.7 Å². The number of fused-ring (bicyclic) bond motifs is 1. The molecular formula is C23H26N10O. The molecule has 34 heavy (non-hydrogen) atoms. The number of hydrogen-bond acceptors (Lipinski definition) is 9. The van der Waals surface area contributed by atoms with Gasteiger partial charge in [0.25, 0.3) is 5.91 Å². The zero-order chi connectivity index (χ0) is 23.5. The molecule has 1 aliphatic rings. The van der Waals surface area contributed by atoms with Crippen molar-refractivity contribution in [1.29, 1.82) is 0 Å². The van der Waals surface area contributed by atoms with Gasteiger partial charge < -0.3 is 16.0 Å². The minimum Gasteiger partial charge on any atom is -0.367 e. The number of aromatic nitrogens is 7. The summed E-state index contributed by atoms with van der Waals surface area (Å²) < 4.78 is 1.78. The van der Waals surface area contributed by atoms with E-state index in [1.807, 2.05) is 32.0 Å². The number of piperidine rings is 1. The van der Waals surface area contributed by atoms with Crippen molar-refractivity contribution in [2.45, 2.75) is 38.8 Å². The molecular weight excluding hydrogens is 432 g/mol. The van der Waals surface area contributed by atoms with Gasteiger partial charge in [-0.2, -0.15) is 0 Å². The lowest BCUT2D eigenvalue weighted by atomic mass is 10.1. The lowest BCUT2D eigenvalue weighted by molar-refractivity contribution is 0.102. The number of carbonyl (C=O) groups is 1. The second-order valence-electron chi connectivity index (χ2n) is 8.61. The fourth-order valence-corrected chi connectivity index (χ4v) is 3.95. The van der Waals surface area contributed by atoms with Crippen LogP contribution in [0, 0.1) is 0 Å². The maximum absolute atomic E-state index is 12.7. The average Bonchev–Trinajstić information content (AvgIpc) is 3.35. The monoisotopic (exact) mass is 458 g/mol. The second-order valence-corrected chi connectivity index (χ2v) is 8.61. The van der Waals surface area contributed by atoms with Crippen molar-refractivity contribution in [1.82, 2.24) is 40.5 Å². The predicted octanol–water partition coefficient (Wildman–Crippen LogP) is 2.68. The number of hydrogen-bond donors (Lipinski definition) is 3. The van der Waals surface area contributed by atoms with E-state index in [0.29, 0.717) is 17.2 Å². The van der Waals surface area contributed by atoms with Crippen LogP contribution in [-0.2, 0) is 0 Å². The van der Waals surface area contributed by atoms with Crippen LogP contribution in [0.4, 0.5) is 11.6 Å². The van der Waals surface area contributed by atoms with Gasteiger partial charge in [0.15, 0.2) is 11.5 Å². The summed E-state index contributed by atoms with van der Waals surface area (Å²) in [5, 5.41) is 26.7. The van der Waals surface area contributed by atoms with Gasteiger partial charge in [-0.15, -0.1) is 15.3 Å². The summed E-state index contributed by atoms with van der Waals surface area (Å²) >= 11 is 0. The summed E-state index contributed by atoms with van der Waals surface area (Å²) in [5.41, 5.74) is 2.59. The molecule has 0 spiro atoms. The molecule has 1 amide bonds. The maximum Gasteiger partial charge on any atom is 0.279 e. The zero-order valence-corrected chi connectivity index (χ0v) is 19.1. The van der Waals surface area contributed by atoms with Crippen LogP contribution in [0.2, 0.25) is 0 Å². The Morgan fingerprint density at radius 2 is 1.94 bits per heavy atom. The highest BCUT2D eigenvalue weighted by Gasteiger charge is 2.19. The number of rotatable bonds is 6. The minimum absolute atomic E-state index is 0.249. The van der Waals surface area contributed by atoms with Crippen LogP contribution in [0.15, 0.2) is 42.9 Å². The SMILES string of the molecule is CC(C)Nc1cncc(-c2ccc3nnc(NC(=O)c4cn(C5CCNCC5)nn4)cc3c2)n1. The summed E-state index contributed by atoms with van der Waals surface area (Å²) in [4.78, 5) is 21.7. The largest absolute Gasteiger partial charge is 0.367 e. The molecule has 1 fully saturated rings. The normalized spacial score (nSPS) is 14.4. The summed E-state index contributed by atoms with van der Waals surface area (Å²) in [6.07, 6.45) is 7.03. The van der Waals surface area contributed by atoms with Crippen LogP contribution in [0.5, 0.6) is 0 Å². The fourth-order valence-electron chi connectivity index (χ4n) is 3.95. The molecule has 0 unspecified atom stereocenters. The number of benzene rings is 1. The van der Waals surface area contributed by atoms with Crippen LogP contribution >= 0.6 is 0 Å². The van der Waals surface area contributed by atoms with Gasteiger partial charge in [-0.3, -0.25) is 9.78 Å². The Balaban J connectivity index is 1.34. The Labute approximate surface area is 196 Å². The molecule has 3 aromatic heterocycles. The number of nitrogens with zero attached hydrogens (tertiary/aromatic N) is 7. The number of carbonyl (C=O) groups excluding carboxylic acids is 1. The lowest BCUT2D eigenvalue weighted by Gasteiger charge is -2.22. The molecule has 1 aromatic carbocycles. The molecule has 0 atom stereocenters. The third kappa shape index (κ3) is 4.84. The molecule has 1 saturated heterocycles. The first kappa shape index (κ1) is 21.8. The van der Waals surface area contributed by atoms with Gasteiger partial charge >= 0.3 is 0 Å². The molecule has 5 rings (SSSR count). The third-order valence-corrected chi connectivity index (χ3v) is 5.62. The zero-order valence-electron chi connectivity index (χ0n) is 19.1. The summed E-state index contributed by atoms with van der Waals surface area (Å²) in [7, 11) is 0. The van der Waals surface area contributed by atoms with Crippen molar-refractivity contribution in [2.24, 2.45) is 0 Å². The van der Waals surface area contributed by atoms with Gasteiger partial charge in [0.1, 0.15) is 5.82 Å². The van der Waals surface area contributed by atoms with Gasteiger partial charge in [-0.1, -0.05) is 11.3 Å². The quantitative estimate of drug-likeness (QED) is 0.398. The first-order valence-corrected chi connectivity index (χ1v) is 11.4. The minimum atomic E-state index is -0.372. The number of amides is 1. The first-order chi connectivity index (χ1) is 16.5. The van der Waals surface area contributed by atoms with E-state index < -0.39 is 0 Å². The van der Waals surface area contributed by atoms with E-state index in [0.717, 1.165) is 42.6 Å². The van der Waals surface area contributed by atoms with Gasteiger partial charge in [-0.25, -0.2) is 9.67 Å². The Morgan fingerprint density at radius 3 is 2.76 bits per heavy atom. The van der Waals surface area contributed by atoms with E-state index in [1.54, 1.807) is 29.3 Å². The molecule has 4 aromatic rings. The van der Waals surface area contributed by atoms with Crippen molar-refractivity contribution in [3.8, 4) is 11.3 Å². The number of nitrogens with one attached hydrogen (secondary N) is 3. The summed E-state index contributed by atoms with van der Waals surface area (Å²) in [6, 6.07) is 8.05. The van der Waals surface area contributed by atoms with Gasteiger partial charge in [0.2, 0.25) is 0 Å². The summed E-state index contributed by atoms with van der Waals surface area (Å²) in [5.74, 6) is 0.682. The smallest absolute Gasteiger partial charge is 0.279 e. The highest BCUT2D eigenvalue weighted by Crippen LogP contribution is 2.24.